The zero-order chi connectivity index (χ0) is 21.3. The lowest BCUT2D eigenvalue weighted by atomic mass is 10.0. The van der Waals surface area contributed by atoms with Gasteiger partial charge in [0.05, 0.1) is 33.4 Å². The maximum atomic E-state index is 12.7. The van der Waals surface area contributed by atoms with Crippen LogP contribution in [0.1, 0.15) is 11.1 Å². The minimum absolute atomic E-state index is 0.0653. The van der Waals surface area contributed by atoms with Crippen molar-refractivity contribution in [1.29, 1.82) is 0 Å². The number of carboxylic acid groups (broad SMARTS) is 1. The Hall–Kier alpha value is -2.75. The van der Waals surface area contributed by atoms with Crippen LogP contribution in [-0.2, 0) is 16.4 Å². The normalized spacial score (nSPS) is 11.4. The Morgan fingerprint density at radius 3 is 2.62 bits per heavy atom. The van der Waals surface area contributed by atoms with E-state index in [1.165, 1.54) is 12.1 Å². The van der Waals surface area contributed by atoms with Crippen LogP contribution in [0.25, 0.3) is 10.9 Å². The molecule has 0 bridgehead atoms. The van der Waals surface area contributed by atoms with Crippen LogP contribution in [0.5, 0.6) is 5.75 Å². The van der Waals surface area contributed by atoms with Crippen LogP contribution in [0.2, 0.25) is 10.0 Å². The standard InChI is InChI=1S/C18H14Cl2N2O6S/c1-29(26,27)21-22-9-15(28-18(24)25)17(23)12-8-10(5-6-14(12)22)7-11-3-2-4-13(19)16(11)20/h2-6,8-9,21H,7H2,1H3,(H,24,25). The molecule has 0 saturated heterocycles. The molecule has 2 aromatic carbocycles. The molecule has 0 spiro atoms. The molecular formula is C18H14Cl2N2O6S. The number of carbonyl (C=O) groups is 1. The molecule has 0 aliphatic carbocycles. The van der Waals surface area contributed by atoms with E-state index in [1.807, 2.05) is 0 Å². The van der Waals surface area contributed by atoms with E-state index in [2.05, 4.69) is 9.57 Å². The average molecular weight is 457 g/mol. The topological polar surface area (TPSA) is 115 Å². The number of halogens is 2. The molecule has 8 nitrogen and oxygen atoms in total. The van der Waals surface area contributed by atoms with Crippen LogP contribution in [0.4, 0.5) is 4.79 Å². The third kappa shape index (κ3) is 4.81. The summed E-state index contributed by atoms with van der Waals surface area (Å²) in [5, 5.41) is 9.70. The zero-order valence-electron chi connectivity index (χ0n) is 14.8. The second-order valence-corrected chi connectivity index (χ2v) is 8.68. The summed E-state index contributed by atoms with van der Waals surface area (Å²) >= 11 is 12.2. The Labute approximate surface area is 175 Å². The maximum Gasteiger partial charge on any atom is 0.511 e. The highest BCUT2D eigenvalue weighted by Gasteiger charge is 2.16. The molecule has 0 unspecified atom stereocenters. The Kier molecular flexibility index (Phi) is 5.74. The van der Waals surface area contributed by atoms with Crippen LogP contribution in [0.15, 0.2) is 47.4 Å². The Balaban J connectivity index is 2.17. The van der Waals surface area contributed by atoms with Gasteiger partial charge in [0.25, 0.3) is 0 Å². The van der Waals surface area contributed by atoms with E-state index in [0.29, 0.717) is 22.0 Å². The van der Waals surface area contributed by atoms with Crippen LogP contribution in [0.3, 0.4) is 0 Å². The van der Waals surface area contributed by atoms with Crippen LogP contribution >= 0.6 is 23.2 Å². The first-order chi connectivity index (χ1) is 13.5. The van der Waals surface area contributed by atoms with Gasteiger partial charge in [-0.2, -0.15) is 0 Å². The molecule has 0 aliphatic heterocycles. The molecule has 1 aromatic heterocycles. The largest absolute Gasteiger partial charge is 0.511 e. The van der Waals surface area contributed by atoms with Gasteiger partial charge in [0.1, 0.15) is 0 Å². The fourth-order valence-corrected chi connectivity index (χ4v) is 3.68. The first kappa shape index (κ1) is 21.0. The molecule has 11 heteroatoms. The third-order valence-corrected chi connectivity index (χ3v) is 5.31. The van der Waals surface area contributed by atoms with Crippen LogP contribution in [-0.4, -0.2) is 30.6 Å². The zero-order valence-corrected chi connectivity index (χ0v) is 17.2. The van der Waals surface area contributed by atoms with Crippen molar-refractivity contribution in [1.82, 2.24) is 4.68 Å². The molecule has 1 heterocycles. The molecular weight excluding hydrogens is 443 g/mol. The summed E-state index contributed by atoms with van der Waals surface area (Å²) in [6, 6.07) is 9.92. The number of hydrogen-bond acceptors (Lipinski definition) is 5. The molecule has 0 atom stereocenters. The average Bonchev–Trinajstić information content (AvgIpc) is 2.61. The number of pyridine rings is 1. The molecule has 3 rings (SSSR count). The van der Waals surface area contributed by atoms with Crippen molar-refractivity contribution in [2.45, 2.75) is 6.42 Å². The molecule has 29 heavy (non-hydrogen) atoms. The van der Waals surface area contributed by atoms with Gasteiger partial charge in [-0.3, -0.25) is 4.79 Å². The summed E-state index contributed by atoms with van der Waals surface area (Å²) in [5.74, 6) is -0.543. The lowest BCUT2D eigenvalue weighted by Gasteiger charge is -2.14. The smallest absolute Gasteiger partial charge is 0.449 e. The lowest BCUT2D eigenvalue weighted by Crippen LogP contribution is -2.25. The van der Waals surface area contributed by atoms with Gasteiger partial charge < -0.3 is 9.84 Å². The summed E-state index contributed by atoms with van der Waals surface area (Å²) in [4.78, 5) is 25.8. The van der Waals surface area contributed by atoms with Crippen LogP contribution < -0.4 is 15.0 Å². The number of nitrogens with one attached hydrogen (secondary N) is 1. The van der Waals surface area contributed by atoms with E-state index in [9.17, 15) is 18.0 Å². The molecule has 0 saturated carbocycles. The van der Waals surface area contributed by atoms with E-state index in [1.54, 1.807) is 24.3 Å². The number of aromatic nitrogens is 1. The summed E-state index contributed by atoms with van der Waals surface area (Å²) in [6.45, 7) is 0. The van der Waals surface area contributed by atoms with E-state index in [-0.39, 0.29) is 10.9 Å². The minimum Gasteiger partial charge on any atom is -0.449 e. The van der Waals surface area contributed by atoms with Crippen molar-refractivity contribution >= 4 is 50.3 Å². The molecule has 3 aromatic rings. The van der Waals surface area contributed by atoms with Gasteiger partial charge in [-0.1, -0.05) is 41.4 Å². The summed E-state index contributed by atoms with van der Waals surface area (Å²) in [6.07, 6.45) is 0.532. The number of ether oxygens (including phenoxy) is 1. The molecule has 0 radical (unpaired) electrons. The fourth-order valence-electron chi connectivity index (χ4n) is 2.79. The quantitative estimate of drug-likeness (QED) is 0.568. The van der Waals surface area contributed by atoms with Gasteiger partial charge in [0.2, 0.25) is 21.2 Å². The van der Waals surface area contributed by atoms with E-state index < -0.39 is 27.4 Å². The van der Waals surface area contributed by atoms with Gasteiger partial charge in [-0.15, -0.1) is 0 Å². The second-order valence-electron chi connectivity index (χ2n) is 6.17. The summed E-state index contributed by atoms with van der Waals surface area (Å²) < 4.78 is 28.8. The Bertz CT molecular complexity index is 1290. The lowest BCUT2D eigenvalue weighted by molar-refractivity contribution is 0.144. The molecule has 2 N–H and O–H groups in total. The first-order valence-corrected chi connectivity index (χ1v) is 10.7. The van der Waals surface area contributed by atoms with Crippen molar-refractivity contribution < 1.29 is 23.1 Å². The minimum atomic E-state index is -3.72. The monoisotopic (exact) mass is 456 g/mol. The molecule has 0 aliphatic rings. The number of sulfonamides is 1. The van der Waals surface area contributed by atoms with Crippen molar-refractivity contribution in [2.75, 3.05) is 11.1 Å². The maximum absolute atomic E-state index is 12.7. The Morgan fingerprint density at radius 2 is 1.97 bits per heavy atom. The number of nitrogens with zero attached hydrogens (tertiary/aromatic N) is 1. The van der Waals surface area contributed by atoms with Gasteiger partial charge in [0, 0.05) is 0 Å². The van der Waals surface area contributed by atoms with E-state index in [4.69, 9.17) is 28.3 Å². The van der Waals surface area contributed by atoms with Gasteiger partial charge in [0.15, 0.2) is 0 Å². The van der Waals surface area contributed by atoms with Crippen molar-refractivity contribution in [3.63, 3.8) is 0 Å². The highest BCUT2D eigenvalue weighted by atomic mass is 35.5. The number of fused-ring (bicyclic) bond motifs is 1. The number of hydrogen-bond donors (Lipinski definition) is 2. The highest BCUT2D eigenvalue weighted by Crippen LogP contribution is 2.28. The third-order valence-electron chi connectivity index (χ3n) is 3.92. The first-order valence-electron chi connectivity index (χ1n) is 8.05. The predicted molar refractivity (Wildman–Crippen MR) is 110 cm³/mol. The Morgan fingerprint density at radius 1 is 1.24 bits per heavy atom. The van der Waals surface area contributed by atoms with Gasteiger partial charge in [-0.25, -0.2) is 22.7 Å². The van der Waals surface area contributed by atoms with Gasteiger partial charge >= 0.3 is 6.16 Å². The number of rotatable bonds is 5. The summed E-state index contributed by atoms with van der Waals surface area (Å²) in [7, 11) is -3.72. The molecule has 152 valence electrons. The van der Waals surface area contributed by atoms with E-state index >= 15 is 0 Å². The van der Waals surface area contributed by atoms with Crippen molar-refractivity contribution in [2.24, 2.45) is 0 Å². The predicted octanol–water partition coefficient (Wildman–Crippen LogP) is 3.46. The molecule has 0 fully saturated rings. The number of benzene rings is 2. The highest BCUT2D eigenvalue weighted by molar-refractivity contribution is 7.91. The van der Waals surface area contributed by atoms with Crippen molar-refractivity contribution in [3.05, 3.63) is 74.0 Å². The van der Waals surface area contributed by atoms with E-state index in [0.717, 1.165) is 22.7 Å². The van der Waals surface area contributed by atoms with Gasteiger partial charge in [-0.05, 0) is 35.7 Å². The molecule has 0 amide bonds. The fraction of sp³-hybridized carbons (Fsp3) is 0.111. The van der Waals surface area contributed by atoms with Crippen molar-refractivity contribution in [3.8, 4) is 5.75 Å². The van der Waals surface area contributed by atoms with Crippen LogP contribution in [0, 0.1) is 0 Å². The summed E-state index contributed by atoms with van der Waals surface area (Å²) in [5.41, 5.74) is 0.926. The SMILES string of the molecule is CS(=O)(=O)Nn1cc(OC(=O)O)c(=O)c2cc(Cc3cccc(Cl)c3Cl)ccc21. The second kappa shape index (κ2) is 7.94.